The molecule has 28 heavy (non-hydrogen) atoms. The summed E-state index contributed by atoms with van der Waals surface area (Å²) in [5.41, 5.74) is 1.36. The van der Waals surface area contributed by atoms with Crippen LogP contribution in [-0.2, 0) is 0 Å². The fourth-order valence-corrected chi connectivity index (χ4v) is 2.88. The number of benzene rings is 3. The Kier molecular flexibility index (Phi) is 6.06. The Balaban J connectivity index is 1.51. The fraction of sp³-hybridized carbons (Fsp3) is 0.190. The Morgan fingerprint density at radius 1 is 1.04 bits per heavy atom. The topological polar surface area (TPSA) is 93.5 Å². The first-order valence-electron chi connectivity index (χ1n) is 8.92. The van der Waals surface area contributed by atoms with E-state index in [1.165, 1.54) is 12.1 Å². The van der Waals surface area contributed by atoms with Gasteiger partial charge < -0.3 is 15.4 Å². The van der Waals surface area contributed by atoms with E-state index in [2.05, 4.69) is 10.6 Å². The Hall–Kier alpha value is -3.61. The number of amides is 1. The number of anilines is 1. The van der Waals surface area contributed by atoms with Crippen LogP contribution >= 0.6 is 0 Å². The van der Waals surface area contributed by atoms with Crippen LogP contribution in [0.5, 0.6) is 5.75 Å². The number of fused-ring (bicyclic) bond motifs is 1. The maximum Gasteiger partial charge on any atom is 0.269 e. The van der Waals surface area contributed by atoms with E-state index in [0.29, 0.717) is 30.8 Å². The van der Waals surface area contributed by atoms with Crippen LogP contribution in [0.25, 0.3) is 10.8 Å². The van der Waals surface area contributed by atoms with Gasteiger partial charge in [0.2, 0.25) is 0 Å². The molecule has 0 saturated heterocycles. The Labute approximate surface area is 162 Å². The molecule has 0 radical (unpaired) electrons. The van der Waals surface area contributed by atoms with Crippen LogP contribution in [0.3, 0.4) is 0 Å². The molecule has 0 spiro atoms. The molecule has 1 amide bonds. The minimum absolute atomic E-state index is 0.0575. The number of methoxy groups -OCH3 is 1. The standard InChI is InChI=1S/C21H21N3O4/c1-28-20-14-16-6-3-2-5-15(16)13-19(20)21(25)23-12-4-11-22-17-7-9-18(10-8-17)24(26)27/h2-3,5-10,13-14,22H,4,11-12H2,1H3,(H,23,25). The second-order valence-electron chi connectivity index (χ2n) is 6.24. The van der Waals surface area contributed by atoms with Gasteiger partial charge in [-0.3, -0.25) is 14.9 Å². The van der Waals surface area contributed by atoms with Crippen LogP contribution < -0.4 is 15.4 Å². The van der Waals surface area contributed by atoms with E-state index in [1.807, 2.05) is 36.4 Å². The van der Waals surface area contributed by atoms with Gasteiger partial charge in [0.15, 0.2) is 0 Å². The monoisotopic (exact) mass is 379 g/mol. The summed E-state index contributed by atoms with van der Waals surface area (Å²) in [4.78, 5) is 22.7. The molecule has 7 heteroatoms. The Morgan fingerprint density at radius 3 is 2.36 bits per heavy atom. The van der Waals surface area contributed by atoms with Gasteiger partial charge in [-0.1, -0.05) is 24.3 Å². The molecule has 0 atom stereocenters. The summed E-state index contributed by atoms with van der Waals surface area (Å²) in [7, 11) is 1.55. The van der Waals surface area contributed by atoms with Crippen molar-refractivity contribution in [3.63, 3.8) is 0 Å². The van der Waals surface area contributed by atoms with Crippen LogP contribution in [0.1, 0.15) is 16.8 Å². The summed E-state index contributed by atoms with van der Waals surface area (Å²) in [5.74, 6) is 0.359. The molecular weight excluding hydrogens is 358 g/mol. The number of carbonyl (C=O) groups excluding carboxylic acids is 1. The molecule has 3 aromatic carbocycles. The molecule has 0 heterocycles. The molecule has 0 aliphatic heterocycles. The summed E-state index contributed by atoms with van der Waals surface area (Å²) in [6.45, 7) is 1.13. The summed E-state index contributed by atoms with van der Waals surface area (Å²) in [6.07, 6.45) is 0.707. The van der Waals surface area contributed by atoms with Crippen molar-refractivity contribution < 1.29 is 14.5 Å². The molecule has 3 aromatic rings. The summed E-state index contributed by atoms with van der Waals surface area (Å²) in [5, 5.41) is 18.7. The highest BCUT2D eigenvalue weighted by molar-refractivity contribution is 6.01. The van der Waals surface area contributed by atoms with Gasteiger partial charge in [-0.25, -0.2) is 0 Å². The van der Waals surface area contributed by atoms with Gasteiger partial charge in [-0.15, -0.1) is 0 Å². The number of hydrogen-bond donors (Lipinski definition) is 2. The second kappa shape index (κ2) is 8.85. The van der Waals surface area contributed by atoms with Gasteiger partial charge in [-0.05, 0) is 41.5 Å². The van der Waals surface area contributed by atoms with E-state index in [-0.39, 0.29) is 11.6 Å². The first kappa shape index (κ1) is 19.2. The highest BCUT2D eigenvalue weighted by Crippen LogP contribution is 2.25. The number of non-ortho nitro benzene ring substituents is 1. The van der Waals surface area contributed by atoms with Crippen LogP contribution in [0.4, 0.5) is 11.4 Å². The lowest BCUT2D eigenvalue weighted by Crippen LogP contribution is -2.26. The number of nitrogens with zero attached hydrogens (tertiary/aromatic N) is 1. The Morgan fingerprint density at radius 2 is 1.71 bits per heavy atom. The predicted octanol–water partition coefficient (Wildman–Crippen LogP) is 3.99. The molecule has 0 unspecified atom stereocenters. The lowest BCUT2D eigenvalue weighted by Gasteiger charge is -2.11. The maximum atomic E-state index is 12.5. The molecular formula is C21H21N3O4. The molecule has 7 nitrogen and oxygen atoms in total. The van der Waals surface area contributed by atoms with Crippen LogP contribution in [0, 0.1) is 10.1 Å². The van der Waals surface area contributed by atoms with E-state index in [0.717, 1.165) is 16.5 Å². The van der Waals surface area contributed by atoms with Crippen molar-refractivity contribution >= 4 is 28.1 Å². The number of rotatable bonds is 8. The van der Waals surface area contributed by atoms with E-state index < -0.39 is 4.92 Å². The Bertz CT molecular complexity index is 987. The summed E-state index contributed by atoms with van der Waals surface area (Å²) in [6, 6.07) is 17.7. The van der Waals surface area contributed by atoms with Crippen LogP contribution in [0.15, 0.2) is 60.7 Å². The minimum Gasteiger partial charge on any atom is -0.496 e. The van der Waals surface area contributed by atoms with Crippen LogP contribution in [-0.4, -0.2) is 31.0 Å². The molecule has 0 saturated carbocycles. The second-order valence-corrected chi connectivity index (χ2v) is 6.24. The number of ether oxygens (including phenoxy) is 1. The fourth-order valence-electron chi connectivity index (χ4n) is 2.88. The SMILES string of the molecule is COc1cc2ccccc2cc1C(=O)NCCCNc1ccc([N+](=O)[O-])cc1. The number of nitro benzene ring substituents is 1. The quantitative estimate of drug-likeness (QED) is 0.351. The average Bonchev–Trinajstić information content (AvgIpc) is 2.72. The van der Waals surface area contributed by atoms with Crippen molar-refractivity contribution in [3.8, 4) is 5.75 Å². The zero-order valence-corrected chi connectivity index (χ0v) is 15.5. The molecule has 0 fully saturated rings. The largest absolute Gasteiger partial charge is 0.496 e. The molecule has 3 rings (SSSR count). The zero-order valence-electron chi connectivity index (χ0n) is 15.5. The maximum absolute atomic E-state index is 12.5. The smallest absolute Gasteiger partial charge is 0.269 e. The molecule has 0 aliphatic carbocycles. The lowest BCUT2D eigenvalue weighted by molar-refractivity contribution is -0.384. The number of hydrogen-bond acceptors (Lipinski definition) is 5. The minimum atomic E-state index is -0.430. The van der Waals surface area contributed by atoms with Gasteiger partial charge in [0.05, 0.1) is 17.6 Å². The highest BCUT2D eigenvalue weighted by Gasteiger charge is 2.13. The van der Waals surface area contributed by atoms with Crippen molar-refractivity contribution in [3.05, 3.63) is 76.3 Å². The normalized spacial score (nSPS) is 10.5. The average molecular weight is 379 g/mol. The molecule has 2 N–H and O–H groups in total. The molecule has 0 bridgehead atoms. The van der Waals surface area contributed by atoms with E-state index in [4.69, 9.17) is 4.74 Å². The third-order valence-electron chi connectivity index (χ3n) is 4.36. The van der Waals surface area contributed by atoms with Crippen molar-refractivity contribution in [2.45, 2.75) is 6.42 Å². The molecule has 144 valence electrons. The van der Waals surface area contributed by atoms with Gasteiger partial charge in [0, 0.05) is 30.9 Å². The van der Waals surface area contributed by atoms with Gasteiger partial charge >= 0.3 is 0 Å². The zero-order chi connectivity index (χ0) is 19.9. The van der Waals surface area contributed by atoms with E-state index >= 15 is 0 Å². The van der Waals surface area contributed by atoms with Crippen molar-refractivity contribution in [1.29, 1.82) is 0 Å². The first-order chi connectivity index (χ1) is 13.6. The molecule has 0 aliphatic rings. The molecule has 0 aromatic heterocycles. The lowest BCUT2D eigenvalue weighted by atomic mass is 10.1. The third kappa shape index (κ3) is 4.56. The summed E-state index contributed by atoms with van der Waals surface area (Å²) >= 11 is 0. The first-order valence-corrected chi connectivity index (χ1v) is 8.92. The van der Waals surface area contributed by atoms with Crippen molar-refractivity contribution in [2.75, 3.05) is 25.5 Å². The number of nitrogens with one attached hydrogen (secondary N) is 2. The third-order valence-corrected chi connectivity index (χ3v) is 4.36. The van der Waals surface area contributed by atoms with Crippen molar-refractivity contribution in [1.82, 2.24) is 5.32 Å². The number of carbonyl (C=O) groups is 1. The van der Waals surface area contributed by atoms with Gasteiger partial charge in [0.1, 0.15) is 5.75 Å². The predicted molar refractivity (Wildman–Crippen MR) is 109 cm³/mol. The van der Waals surface area contributed by atoms with Gasteiger partial charge in [0.25, 0.3) is 11.6 Å². The van der Waals surface area contributed by atoms with Crippen LogP contribution in [0.2, 0.25) is 0 Å². The van der Waals surface area contributed by atoms with E-state index in [9.17, 15) is 14.9 Å². The van der Waals surface area contributed by atoms with Crippen molar-refractivity contribution in [2.24, 2.45) is 0 Å². The number of nitro groups is 1. The summed E-state index contributed by atoms with van der Waals surface area (Å²) < 4.78 is 5.37. The highest BCUT2D eigenvalue weighted by atomic mass is 16.6. The van der Waals surface area contributed by atoms with Gasteiger partial charge in [-0.2, -0.15) is 0 Å². The van der Waals surface area contributed by atoms with E-state index in [1.54, 1.807) is 19.2 Å².